The molecule has 1 aliphatic carbocycles. The predicted octanol–water partition coefficient (Wildman–Crippen LogP) is 3.06. The lowest BCUT2D eigenvalue weighted by Gasteiger charge is -2.28. The van der Waals surface area contributed by atoms with Crippen LogP contribution in [0.2, 0.25) is 0 Å². The minimum Gasteiger partial charge on any atom is -0.381 e. The Labute approximate surface area is 170 Å². The number of aryl methyl sites for hydroxylation is 1. The Balaban J connectivity index is 1.62. The smallest absolute Gasteiger partial charge is 0.255 e. The summed E-state index contributed by atoms with van der Waals surface area (Å²) < 4.78 is 1.85. The third-order valence-corrected chi connectivity index (χ3v) is 5.63. The molecule has 152 valence electrons. The zero-order chi connectivity index (χ0) is 20.2. The van der Waals surface area contributed by atoms with Crippen molar-refractivity contribution >= 4 is 22.6 Å². The van der Waals surface area contributed by atoms with Crippen LogP contribution < -0.4 is 16.4 Å². The van der Waals surface area contributed by atoms with Gasteiger partial charge in [0, 0.05) is 31.4 Å². The summed E-state index contributed by atoms with van der Waals surface area (Å²) in [6.07, 6.45) is 7.45. The van der Waals surface area contributed by atoms with Crippen LogP contribution in [0.4, 0.5) is 5.69 Å². The van der Waals surface area contributed by atoms with Gasteiger partial charge in [0.25, 0.3) is 5.91 Å². The van der Waals surface area contributed by atoms with E-state index in [1.165, 1.54) is 0 Å². The van der Waals surface area contributed by atoms with Crippen molar-refractivity contribution in [2.24, 2.45) is 5.73 Å². The maximum Gasteiger partial charge on any atom is 0.255 e. The van der Waals surface area contributed by atoms with Gasteiger partial charge in [-0.2, -0.15) is 5.10 Å². The van der Waals surface area contributed by atoms with Crippen molar-refractivity contribution in [3.63, 3.8) is 0 Å². The predicted molar refractivity (Wildman–Crippen MR) is 115 cm³/mol. The molecule has 3 aromatic rings. The molecule has 0 saturated heterocycles. The van der Waals surface area contributed by atoms with Gasteiger partial charge < -0.3 is 16.4 Å². The van der Waals surface area contributed by atoms with Crippen molar-refractivity contribution < 1.29 is 4.79 Å². The zero-order valence-corrected chi connectivity index (χ0v) is 16.8. The van der Waals surface area contributed by atoms with Crippen LogP contribution in [-0.4, -0.2) is 32.8 Å². The van der Waals surface area contributed by atoms with Crippen LogP contribution in [-0.2, 0) is 13.1 Å². The fraction of sp³-hybridized carbons (Fsp3) is 0.409. The van der Waals surface area contributed by atoms with Gasteiger partial charge in [-0.25, -0.2) is 9.67 Å². The van der Waals surface area contributed by atoms with Gasteiger partial charge in [0.15, 0.2) is 5.65 Å². The van der Waals surface area contributed by atoms with E-state index in [9.17, 15) is 4.79 Å². The number of rotatable bonds is 6. The third-order valence-electron chi connectivity index (χ3n) is 5.63. The summed E-state index contributed by atoms with van der Waals surface area (Å²) in [5, 5.41) is 12.0. The number of nitrogens with one attached hydrogen (secondary N) is 2. The molecule has 1 amide bonds. The minimum atomic E-state index is -0.137. The second-order valence-electron chi connectivity index (χ2n) is 7.67. The number of hydrogen-bond donors (Lipinski definition) is 3. The van der Waals surface area contributed by atoms with Crippen molar-refractivity contribution in [1.82, 2.24) is 20.1 Å². The number of amides is 1. The van der Waals surface area contributed by atoms with Gasteiger partial charge in [0.1, 0.15) is 0 Å². The number of hydrogen-bond acceptors (Lipinski definition) is 5. The molecule has 1 aliphatic rings. The van der Waals surface area contributed by atoms with Crippen LogP contribution in [0.15, 0.2) is 42.7 Å². The van der Waals surface area contributed by atoms with Crippen LogP contribution in [0.25, 0.3) is 11.0 Å². The van der Waals surface area contributed by atoms with Crippen LogP contribution >= 0.6 is 0 Å². The normalized spacial score (nSPS) is 19.2. The van der Waals surface area contributed by atoms with E-state index in [0.29, 0.717) is 18.2 Å². The molecular weight excluding hydrogens is 364 g/mol. The number of nitrogens with two attached hydrogens (primary N) is 1. The summed E-state index contributed by atoms with van der Waals surface area (Å²) >= 11 is 0. The molecule has 7 heteroatoms. The van der Waals surface area contributed by atoms with E-state index >= 15 is 0 Å². The highest BCUT2D eigenvalue weighted by atomic mass is 16.1. The number of benzene rings is 1. The lowest BCUT2D eigenvalue weighted by molar-refractivity contribution is 0.0951. The summed E-state index contributed by atoms with van der Waals surface area (Å²) in [6.45, 7) is 3.24. The molecular formula is C22H28N6O. The molecule has 2 aromatic heterocycles. The van der Waals surface area contributed by atoms with Crippen LogP contribution in [0.3, 0.4) is 0 Å². The van der Waals surface area contributed by atoms with Crippen molar-refractivity contribution in [1.29, 1.82) is 0 Å². The van der Waals surface area contributed by atoms with Crippen molar-refractivity contribution in [2.75, 3.05) is 5.32 Å². The molecule has 0 radical (unpaired) electrons. The van der Waals surface area contributed by atoms with Crippen molar-refractivity contribution in [2.45, 2.75) is 57.8 Å². The van der Waals surface area contributed by atoms with Gasteiger partial charge >= 0.3 is 0 Å². The fourth-order valence-electron chi connectivity index (χ4n) is 3.93. The highest BCUT2D eigenvalue weighted by molar-refractivity contribution is 6.06. The van der Waals surface area contributed by atoms with Gasteiger partial charge in [-0.3, -0.25) is 4.79 Å². The van der Waals surface area contributed by atoms with E-state index in [0.717, 1.165) is 54.5 Å². The summed E-state index contributed by atoms with van der Waals surface area (Å²) in [5.41, 5.74) is 9.29. The van der Waals surface area contributed by atoms with Gasteiger partial charge in [0.2, 0.25) is 0 Å². The highest BCUT2D eigenvalue weighted by Crippen LogP contribution is 2.29. The van der Waals surface area contributed by atoms with E-state index in [1.54, 1.807) is 12.4 Å². The molecule has 0 bridgehead atoms. The van der Waals surface area contributed by atoms with Crippen molar-refractivity contribution in [3.05, 3.63) is 53.9 Å². The largest absolute Gasteiger partial charge is 0.381 e. The summed E-state index contributed by atoms with van der Waals surface area (Å²) in [5.74, 6) is -0.137. The minimum absolute atomic E-state index is 0.137. The van der Waals surface area contributed by atoms with E-state index in [-0.39, 0.29) is 11.9 Å². The first-order valence-electron chi connectivity index (χ1n) is 10.3. The highest BCUT2D eigenvalue weighted by Gasteiger charge is 2.23. The van der Waals surface area contributed by atoms with Crippen LogP contribution in [0, 0.1) is 0 Å². The monoisotopic (exact) mass is 392 g/mol. The number of fused-ring (bicyclic) bond motifs is 1. The first-order chi connectivity index (χ1) is 14.2. The second kappa shape index (κ2) is 8.61. The fourth-order valence-corrected chi connectivity index (χ4v) is 3.93. The molecule has 0 unspecified atom stereocenters. The standard InChI is InChI=1S/C22H28N6O/c1-2-28-21-18(14-26-28)20(27-17-10-8-16(23)9-11-17)19(13-24-21)22(29)25-12-15-6-4-3-5-7-15/h3-7,13-14,16-17H,2,8-12,23H2,1H3,(H,24,27)(H,25,29)/t16-,17+. The van der Waals surface area contributed by atoms with E-state index < -0.39 is 0 Å². The number of anilines is 1. The first-order valence-corrected chi connectivity index (χ1v) is 10.3. The molecule has 4 rings (SSSR count). The maximum absolute atomic E-state index is 13.0. The number of carbonyl (C=O) groups is 1. The van der Waals surface area contributed by atoms with Gasteiger partial charge in [-0.15, -0.1) is 0 Å². The van der Waals surface area contributed by atoms with Gasteiger partial charge in [-0.1, -0.05) is 30.3 Å². The topological polar surface area (TPSA) is 97.9 Å². The molecule has 0 atom stereocenters. The molecule has 1 fully saturated rings. The quantitative estimate of drug-likeness (QED) is 0.599. The van der Waals surface area contributed by atoms with E-state index in [1.807, 2.05) is 41.9 Å². The lowest BCUT2D eigenvalue weighted by Crippen LogP contribution is -2.33. The van der Waals surface area contributed by atoms with Crippen LogP contribution in [0.5, 0.6) is 0 Å². The summed E-state index contributed by atoms with van der Waals surface area (Å²) in [4.78, 5) is 17.5. The Kier molecular flexibility index (Phi) is 5.76. The van der Waals surface area contributed by atoms with Crippen LogP contribution in [0.1, 0.15) is 48.5 Å². The SMILES string of the molecule is CCn1ncc2c(N[C@H]3CC[C@@H](N)CC3)c(C(=O)NCc3ccccc3)cnc21. The third kappa shape index (κ3) is 4.24. The molecule has 0 aliphatic heterocycles. The molecule has 1 aromatic carbocycles. The maximum atomic E-state index is 13.0. The van der Waals surface area contributed by atoms with Crippen molar-refractivity contribution in [3.8, 4) is 0 Å². The molecule has 29 heavy (non-hydrogen) atoms. The number of nitrogens with zero attached hydrogens (tertiary/aromatic N) is 3. The zero-order valence-electron chi connectivity index (χ0n) is 16.8. The summed E-state index contributed by atoms with van der Waals surface area (Å²) in [6, 6.07) is 10.5. The average Bonchev–Trinajstić information content (AvgIpc) is 3.18. The molecule has 0 spiro atoms. The Hall–Kier alpha value is -2.93. The average molecular weight is 393 g/mol. The second-order valence-corrected chi connectivity index (χ2v) is 7.67. The molecule has 4 N–H and O–H groups in total. The Morgan fingerprint density at radius 1 is 1.17 bits per heavy atom. The lowest BCUT2D eigenvalue weighted by atomic mass is 9.91. The number of aromatic nitrogens is 3. The van der Waals surface area contributed by atoms with Gasteiger partial charge in [0.05, 0.1) is 22.8 Å². The Morgan fingerprint density at radius 2 is 1.93 bits per heavy atom. The van der Waals surface area contributed by atoms with E-state index in [4.69, 9.17) is 5.73 Å². The Morgan fingerprint density at radius 3 is 2.66 bits per heavy atom. The van der Waals surface area contributed by atoms with Gasteiger partial charge in [-0.05, 0) is 38.2 Å². The number of carbonyl (C=O) groups excluding carboxylic acids is 1. The molecule has 7 nitrogen and oxygen atoms in total. The number of pyridine rings is 1. The summed E-state index contributed by atoms with van der Waals surface area (Å²) in [7, 11) is 0. The molecule has 1 saturated carbocycles. The first kappa shape index (κ1) is 19.4. The van der Waals surface area contributed by atoms with E-state index in [2.05, 4.69) is 20.7 Å². The molecule has 2 heterocycles. The Bertz CT molecular complexity index is 976.